The maximum Gasteiger partial charge on any atom is 0.401 e. The number of likely N-dealkylation sites (N-methyl/N-ethyl adjacent to an activating group) is 1. The van der Waals surface area contributed by atoms with E-state index >= 15 is 0 Å². The normalized spacial score (nSPS) is 10.5. The van der Waals surface area contributed by atoms with Crippen molar-refractivity contribution in [3.8, 4) is 0 Å². The Morgan fingerprint density at radius 3 is 1.88 bits per heavy atom. The van der Waals surface area contributed by atoms with E-state index in [0.717, 1.165) is 4.90 Å². The molecule has 17 heavy (non-hydrogen) atoms. The Morgan fingerprint density at radius 1 is 1.18 bits per heavy atom. The number of alkyl halides is 3. The Morgan fingerprint density at radius 2 is 1.59 bits per heavy atom. The molecule has 0 aliphatic heterocycles. The first-order valence-corrected chi connectivity index (χ1v) is 5.73. The van der Waals surface area contributed by atoms with Crippen molar-refractivity contribution in [2.75, 3.05) is 20.1 Å². The molecule has 0 fully saturated rings. The molecule has 0 spiro atoms. The minimum absolute atomic E-state index is 0.124. The molecule has 0 heterocycles. The lowest BCUT2D eigenvalue weighted by Crippen LogP contribution is -2.31. The van der Waals surface area contributed by atoms with E-state index in [4.69, 9.17) is 0 Å². The number of hydrogen-bond acceptors (Lipinski definition) is 2. The molecule has 0 atom stereocenters. The quantitative estimate of drug-likeness (QED) is 0.714. The van der Waals surface area contributed by atoms with Crippen LogP contribution in [0, 0.1) is 0 Å². The molecule has 2 nitrogen and oxygen atoms in total. The molecular weight excluding hydrogens is 231 g/mol. The Kier molecular flexibility index (Phi) is 16.7. The van der Waals surface area contributed by atoms with Crippen LogP contribution in [0.5, 0.6) is 0 Å². The summed E-state index contributed by atoms with van der Waals surface area (Å²) in [5, 5.41) is 0. The molecule has 0 aromatic heterocycles. The second kappa shape index (κ2) is 13.2. The van der Waals surface area contributed by atoms with Crippen LogP contribution in [0.3, 0.4) is 0 Å². The molecule has 0 radical (unpaired) electrons. The summed E-state index contributed by atoms with van der Waals surface area (Å²) in [6, 6.07) is 0. The average Bonchev–Trinajstić information content (AvgIpc) is 2.20. The summed E-state index contributed by atoms with van der Waals surface area (Å²) in [5.74, 6) is -0.166. The van der Waals surface area contributed by atoms with Crippen LogP contribution in [-0.4, -0.2) is 37.0 Å². The second-order valence-corrected chi connectivity index (χ2v) is 2.82. The van der Waals surface area contributed by atoms with Gasteiger partial charge in [-0.1, -0.05) is 33.8 Å². The molecule has 0 aromatic rings. The first-order chi connectivity index (χ1) is 7.81. The number of ketones is 1. The van der Waals surface area contributed by atoms with Crippen LogP contribution >= 0.6 is 0 Å². The predicted octanol–water partition coefficient (Wildman–Crippen LogP) is 3.68. The summed E-state index contributed by atoms with van der Waals surface area (Å²) in [6.07, 6.45) is -1.51. The fraction of sp³-hybridized carbons (Fsp3) is 0.750. The summed E-state index contributed by atoms with van der Waals surface area (Å²) < 4.78 is 35.3. The molecule has 0 unspecified atom stereocenters. The van der Waals surface area contributed by atoms with E-state index in [1.54, 1.807) is 0 Å². The van der Waals surface area contributed by atoms with Gasteiger partial charge in [0.2, 0.25) is 0 Å². The van der Waals surface area contributed by atoms with Crippen LogP contribution < -0.4 is 0 Å². The average molecular weight is 255 g/mol. The van der Waals surface area contributed by atoms with Gasteiger partial charge >= 0.3 is 6.18 Å². The summed E-state index contributed by atoms with van der Waals surface area (Å²) in [5.41, 5.74) is 0. The van der Waals surface area contributed by atoms with Crippen LogP contribution in [0.4, 0.5) is 13.2 Å². The van der Waals surface area contributed by atoms with Crippen molar-refractivity contribution in [3.63, 3.8) is 0 Å². The lowest BCUT2D eigenvalue weighted by molar-refractivity contribution is -0.141. The first kappa shape index (κ1) is 21.4. The van der Waals surface area contributed by atoms with Crippen molar-refractivity contribution in [2.24, 2.45) is 0 Å². The van der Waals surface area contributed by atoms with Gasteiger partial charge in [-0.3, -0.25) is 9.69 Å². The minimum atomic E-state index is -4.18. The van der Waals surface area contributed by atoms with Crippen molar-refractivity contribution in [3.05, 3.63) is 12.2 Å². The monoisotopic (exact) mass is 255 g/mol. The van der Waals surface area contributed by atoms with Gasteiger partial charge in [-0.2, -0.15) is 13.2 Å². The summed E-state index contributed by atoms with van der Waals surface area (Å²) in [7, 11) is 1.35. The minimum Gasteiger partial charge on any atom is -0.295 e. The molecule has 104 valence electrons. The molecule has 0 amide bonds. The molecule has 5 heteroatoms. The van der Waals surface area contributed by atoms with Gasteiger partial charge in [-0.05, 0) is 20.0 Å². The van der Waals surface area contributed by atoms with Gasteiger partial charge < -0.3 is 0 Å². The fourth-order valence-corrected chi connectivity index (χ4v) is 0.769. The van der Waals surface area contributed by atoms with Gasteiger partial charge in [0.1, 0.15) is 0 Å². The van der Waals surface area contributed by atoms with Gasteiger partial charge in [-0.15, -0.1) is 0 Å². The molecule has 0 N–H and O–H groups in total. The van der Waals surface area contributed by atoms with Crippen LogP contribution in [0.25, 0.3) is 0 Å². The molecule has 0 saturated heterocycles. The van der Waals surface area contributed by atoms with Gasteiger partial charge in [-0.25, -0.2) is 0 Å². The summed E-state index contributed by atoms with van der Waals surface area (Å²) in [4.78, 5) is 11.5. The highest BCUT2D eigenvalue weighted by molar-refractivity contribution is 5.87. The number of halogens is 3. The van der Waals surface area contributed by atoms with E-state index < -0.39 is 12.7 Å². The van der Waals surface area contributed by atoms with Crippen LogP contribution in [-0.2, 0) is 4.79 Å². The summed E-state index contributed by atoms with van der Waals surface area (Å²) in [6.45, 7) is 8.51. The molecule has 0 bridgehead atoms. The lowest BCUT2D eigenvalue weighted by atomic mass is 10.4. The molecule has 0 aromatic carbocycles. The maximum absolute atomic E-state index is 11.8. The molecule has 0 aliphatic carbocycles. The van der Waals surface area contributed by atoms with E-state index in [1.165, 1.54) is 26.1 Å². The Hall–Kier alpha value is -0.840. The van der Waals surface area contributed by atoms with Crippen molar-refractivity contribution in [2.45, 2.75) is 40.8 Å². The van der Waals surface area contributed by atoms with Crippen LogP contribution in [0.2, 0.25) is 0 Å². The smallest absolute Gasteiger partial charge is 0.295 e. The van der Waals surface area contributed by atoms with E-state index in [0.29, 0.717) is 0 Å². The van der Waals surface area contributed by atoms with E-state index in [1.807, 2.05) is 27.7 Å². The maximum atomic E-state index is 11.8. The number of rotatable bonds is 4. The number of nitrogens with zero attached hydrogens (tertiary/aromatic N) is 1. The Bertz CT molecular complexity index is 200. The predicted molar refractivity (Wildman–Crippen MR) is 66.1 cm³/mol. The fourth-order valence-electron chi connectivity index (χ4n) is 0.769. The van der Waals surface area contributed by atoms with E-state index in [-0.39, 0.29) is 12.3 Å². The number of carbonyl (C=O) groups is 1. The lowest BCUT2D eigenvalue weighted by Gasteiger charge is -2.15. The van der Waals surface area contributed by atoms with Gasteiger partial charge in [0.05, 0.1) is 6.54 Å². The third-order valence-electron chi connectivity index (χ3n) is 1.22. The zero-order valence-electron chi connectivity index (χ0n) is 11.6. The first-order valence-electron chi connectivity index (χ1n) is 5.73. The van der Waals surface area contributed by atoms with E-state index in [2.05, 4.69) is 0 Å². The van der Waals surface area contributed by atoms with Crippen molar-refractivity contribution >= 4 is 5.78 Å². The third-order valence-corrected chi connectivity index (χ3v) is 1.22. The zero-order chi connectivity index (χ0) is 14.5. The Balaban J connectivity index is -0.000000439. The van der Waals surface area contributed by atoms with Crippen molar-refractivity contribution in [1.82, 2.24) is 4.90 Å². The van der Waals surface area contributed by atoms with Crippen LogP contribution in [0.1, 0.15) is 34.6 Å². The van der Waals surface area contributed by atoms with Crippen molar-refractivity contribution in [1.29, 1.82) is 0 Å². The number of allylic oxidation sites excluding steroid dienone is 1. The highest BCUT2D eigenvalue weighted by Gasteiger charge is 2.28. The SMILES string of the molecule is CC.CC.CC(=O)/C=C/CN(C)CC(F)(F)F. The van der Waals surface area contributed by atoms with Gasteiger partial charge in [0.15, 0.2) is 5.78 Å². The highest BCUT2D eigenvalue weighted by atomic mass is 19.4. The van der Waals surface area contributed by atoms with Crippen LogP contribution in [0.15, 0.2) is 12.2 Å². The van der Waals surface area contributed by atoms with Gasteiger partial charge in [0, 0.05) is 6.54 Å². The second-order valence-electron chi connectivity index (χ2n) is 2.82. The van der Waals surface area contributed by atoms with Crippen molar-refractivity contribution < 1.29 is 18.0 Å². The molecule has 0 rings (SSSR count). The highest BCUT2D eigenvalue weighted by Crippen LogP contribution is 2.15. The topological polar surface area (TPSA) is 20.3 Å². The van der Waals surface area contributed by atoms with Gasteiger partial charge in [0.25, 0.3) is 0 Å². The zero-order valence-corrected chi connectivity index (χ0v) is 11.6. The summed E-state index contributed by atoms with van der Waals surface area (Å²) >= 11 is 0. The standard InChI is InChI=1S/C8H12F3NO.2C2H6/c1-7(13)4-3-5-12(2)6-8(9,10)11;2*1-2/h3-4H,5-6H2,1-2H3;2*1-2H3/b4-3+;;. The molecule has 0 saturated carbocycles. The molecular formula is C12H24F3NO. The largest absolute Gasteiger partial charge is 0.401 e. The number of carbonyl (C=O) groups excluding carboxylic acids is 1. The number of hydrogen-bond donors (Lipinski definition) is 0. The Labute approximate surface area is 102 Å². The molecule has 0 aliphatic rings. The van der Waals surface area contributed by atoms with E-state index in [9.17, 15) is 18.0 Å². The third kappa shape index (κ3) is 25.4.